The monoisotopic (exact) mass is 359 g/mol. The Morgan fingerprint density at radius 1 is 1.15 bits per heavy atom. The van der Waals surface area contributed by atoms with Crippen LogP contribution in [0.5, 0.6) is 11.6 Å². The molecule has 3 aromatic rings. The van der Waals surface area contributed by atoms with E-state index in [1.807, 2.05) is 13.0 Å². The summed E-state index contributed by atoms with van der Waals surface area (Å²) in [6.45, 7) is 3.44. The second-order valence-electron chi connectivity index (χ2n) is 5.63. The first-order valence-electron chi connectivity index (χ1n) is 8.37. The van der Waals surface area contributed by atoms with Gasteiger partial charge in [-0.3, -0.25) is 9.69 Å². The van der Waals surface area contributed by atoms with Gasteiger partial charge in [0.1, 0.15) is 23.5 Å². The maximum Gasteiger partial charge on any atom is 0.229 e. The zero-order valence-electron chi connectivity index (χ0n) is 15.0. The number of aromatic nitrogens is 3. The van der Waals surface area contributed by atoms with Crippen LogP contribution in [0.25, 0.3) is 0 Å². The molecule has 0 saturated carbocycles. The SMILES string of the molecule is CCc1nccc(N(C(C)=O)c2ccc(Oc3ccc(C#N)cn3)cc2)n1. The van der Waals surface area contributed by atoms with Gasteiger partial charge < -0.3 is 4.74 Å². The number of carbonyl (C=O) groups excluding carboxylic acids is 1. The number of carbonyl (C=O) groups is 1. The quantitative estimate of drug-likeness (QED) is 0.688. The van der Waals surface area contributed by atoms with E-state index < -0.39 is 0 Å². The molecular weight excluding hydrogens is 342 g/mol. The summed E-state index contributed by atoms with van der Waals surface area (Å²) in [6.07, 6.45) is 3.77. The number of nitriles is 1. The van der Waals surface area contributed by atoms with Gasteiger partial charge in [0.05, 0.1) is 11.3 Å². The molecule has 2 heterocycles. The molecule has 7 heteroatoms. The second kappa shape index (κ2) is 8.06. The first-order chi connectivity index (χ1) is 13.1. The summed E-state index contributed by atoms with van der Waals surface area (Å²) < 4.78 is 5.67. The summed E-state index contributed by atoms with van der Waals surface area (Å²) in [5.74, 6) is 1.99. The van der Waals surface area contributed by atoms with E-state index in [2.05, 4.69) is 15.0 Å². The van der Waals surface area contributed by atoms with Gasteiger partial charge in [-0.25, -0.2) is 15.0 Å². The lowest BCUT2D eigenvalue weighted by atomic mass is 10.2. The van der Waals surface area contributed by atoms with Crippen LogP contribution in [0, 0.1) is 11.3 Å². The number of benzene rings is 1. The summed E-state index contributed by atoms with van der Waals surface area (Å²) in [4.78, 5) is 26.4. The second-order valence-corrected chi connectivity index (χ2v) is 5.63. The summed E-state index contributed by atoms with van der Waals surface area (Å²) in [5, 5.41) is 8.80. The number of anilines is 2. The highest BCUT2D eigenvalue weighted by molar-refractivity contribution is 5.98. The number of ether oxygens (including phenoxy) is 1. The molecule has 0 unspecified atom stereocenters. The van der Waals surface area contributed by atoms with E-state index in [1.54, 1.807) is 48.7 Å². The summed E-state index contributed by atoms with van der Waals surface area (Å²) >= 11 is 0. The minimum absolute atomic E-state index is 0.154. The molecule has 0 saturated heterocycles. The zero-order chi connectivity index (χ0) is 19.2. The predicted molar refractivity (Wildman–Crippen MR) is 99.7 cm³/mol. The van der Waals surface area contributed by atoms with Crippen LogP contribution in [-0.2, 0) is 11.2 Å². The average molecular weight is 359 g/mol. The third-order valence-electron chi connectivity index (χ3n) is 3.73. The standard InChI is InChI=1S/C20H17N5O2/c1-3-18-22-11-10-19(24-18)25(14(2)26)16-5-7-17(8-6-16)27-20-9-4-15(12-21)13-23-20/h4-11,13H,3H2,1-2H3. The molecule has 7 nitrogen and oxygen atoms in total. The molecule has 134 valence electrons. The van der Waals surface area contributed by atoms with Crippen LogP contribution >= 0.6 is 0 Å². The van der Waals surface area contributed by atoms with E-state index in [0.29, 0.717) is 40.9 Å². The molecule has 1 amide bonds. The molecule has 0 aliphatic heterocycles. The summed E-state index contributed by atoms with van der Waals surface area (Å²) in [5.41, 5.74) is 1.13. The van der Waals surface area contributed by atoms with Crippen LogP contribution in [-0.4, -0.2) is 20.9 Å². The molecule has 0 spiro atoms. The Kier molecular flexibility index (Phi) is 5.38. The van der Waals surface area contributed by atoms with Crippen molar-refractivity contribution in [1.29, 1.82) is 5.26 Å². The van der Waals surface area contributed by atoms with Gasteiger partial charge in [-0.2, -0.15) is 5.26 Å². The van der Waals surface area contributed by atoms with Gasteiger partial charge in [0.2, 0.25) is 11.8 Å². The van der Waals surface area contributed by atoms with Crippen molar-refractivity contribution in [3.63, 3.8) is 0 Å². The van der Waals surface area contributed by atoms with Crippen molar-refractivity contribution in [2.75, 3.05) is 4.90 Å². The van der Waals surface area contributed by atoms with E-state index in [1.165, 1.54) is 18.0 Å². The van der Waals surface area contributed by atoms with Crippen molar-refractivity contribution in [3.05, 3.63) is 66.2 Å². The van der Waals surface area contributed by atoms with Crippen molar-refractivity contribution >= 4 is 17.4 Å². The fraction of sp³-hybridized carbons (Fsp3) is 0.150. The number of aryl methyl sites for hydroxylation is 1. The van der Waals surface area contributed by atoms with Crippen molar-refractivity contribution in [1.82, 2.24) is 15.0 Å². The van der Waals surface area contributed by atoms with Gasteiger partial charge in [-0.1, -0.05) is 6.92 Å². The van der Waals surface area contributed by atoms with Crippen LogP contribution in [0.3, 0.4) is 0 Å². The minimum atomic E-state index is -0.154. The maximum absolute atomic E-state index is 12.2. The highest BCUT2D eigenvalue weighted by Gasteiger charge is 2.16. The Labute approximate surface area is 156 Å². The minimum Gasteiger partial charge on any atom is -0.439 e. The van der Waals surface area contributed by atoms with E-state index in [4.69, 9.17) is 10.00 Å². The maximum atomic E-state index is 12.2. The number of nitrogens with zero attached hydrogens (tertiary/aromatic N) is 5. The lowest BCUT2D eigenvalue weighted by Gasteiger charge is -2.20. The van der Waals surface area contributed by atoms with Crippen molar-refractivity contribution in [2.45, 2.75) is 20.3 Å². The van der Waals surface area contributed by atoms with Crippen molar-refractivity contribution in [3.8, 4) is 17.7 Å². The smallest absolute Gasteiger partial charge is 0.229 e. The Morgan fingerprint density at radius 2 is 1.93 bits per heavy atom. The van der Waals surface area contributed by atoms with Gasteiger partial charge in [0.25, 0.3) is 0 Å². The van der Waals surface area contributed by atoms with Gasteiger partial charge in [0.15, 0.2) is 0 Å². The molecule has 0 aliphatic carbocycles. The Bertz CT molecular complexity index is 979. The van der Waals surface area contributed by atoms with E-state index in [9.17, 15) is 4.79 Å². The molecule has 0 atom stereocenters. The van der Waals surface area contributed by atoms with Gasteiger partial charge in [0, 0.05) is 31.8 Å². The highest BCUT2D eigenvalue weighted by Crippen LogP contribution is 2.27. The fourth-order valence-electron chi connectivity index (χ4n) is 2.45. The van der Waals surface area contributed by atoms with Gasteiger partial charge in [-0.15, -0.1) is 0 Å². The largest absolute Gasteiger partial charge is 0.439 e. The summed E-state index contributed by atoms with van der Waals surface area (Å²) in [7, 11) is 0. The van der Waals surface area contributed by atoms with Crippen LogP contribution in [0.2, 0.25) is 0 Å². The first kappa shape index (κ1) is 18.0. The van der Waals surface area contributed by atoms with Crippen LogP contribution in [0.15, 0.2) is 54.9 Å². The topological polar surface area (TPSA) is 92.0 Å². The Hall–Kier alpha value is -3.79. The number of hydrogen-bond acceptors (Lipinski definition) is 6. The van der Waals surface area contributed by atoms with E-state index >= 15 is 0 Å². The average Bonchev–Trinajstić information content (AvgIpc) is 2.70. The zero-order valence-corrected chi connectivity index (χ0v) is 15.0. The normalized spacial score (nSPS) is 10.1. The molecule has 0 radical (unpaired) electrons. The van der Waals surface area contributed by atoms with E-state index in [-0.39, 0.29) is 5.91 Å². The lowest BCUT2D eigenvalue weighted by Crippen LogP contribution is -2.24. The number of hydrogen-bond donors (Lipinski definition) is 0. The fourth-order valence-corrected chi connectivity index (χ4v) is 2.45. The van der Waals surface area contributed by atoms with Crippen molar-refractivity contribution < 1.29 is 9.53 Å². The molecule has 0 fully saturated rings. The Morgan fingerprint density at radius 3 is 2.52 bits per heavy atom. The molecule has 0 bridgehead atoms. The number of rotatable bonds is 5. The van der Waals surface area contributed by atoms with Gasteiger partial charge >= 0.3 is 0 Å². The van der Waals surface area contributed by atoms with E-state index in [0.717, 1.165) is 0 Å². The third kappa shape index (κ3) is 4.25. The molecule has 0 aliphatic rings. The molecule has 27 heavy (non-hydrogen) atoms. The predicted octanol–water partition coefficient (Wildman–Crippen LogP) is 3.78. The van der Waals surface area contributed by atoms with Crippen LogP contribution in [0.4, 0.5) is 11.5 Å². The molecule has 0 N–H and O–H groups in total. The first-order valence-corrected chi connectivity index (χ1v) is 8.37. The lowest BCUT2D eigenvalue weighted by molar-refractivity contribution is -0.115. The molecule has 2 aromatic heterocycles. The van der Waals surface area contributed by atoms with Crippen LogP contribution < -0.4 is 9.64 Å². The molecule has 1 aromatic carbocycles. The highest BCUT2D eigenvalue weighted by atomic mass is 16.5. The van der Waals surface area contributed by atoms with Gasteiger partial charge in [-0.05, 0) is 36.4 Å². The van der Waals surface area contributed by atoms with Crippen molar-refractivity contribution in [2.24, 2.45) is 0 Å². The number of amides is 1. The molecular formula is C20H17N5O2. The third-order valence-corrected chi connectivity index (χ3v) is 3.73. The summed E-state index contributed by atoms with van der Waals surface area (Å²) in [6, 6.07) is 14.0. The number of pyridine rings is 1. The Balaban J connectivity index is 1.83. The van der Waals surface area contributed by atoms with Crippen LogP contribution in [0.1, 0.15) is 25.2 Å². The molecule has 3 rings (SSSR count).